The van der Waals surface area contributed by atoms with Crippen molar-refractivity contribution >= 4 is 22.5 Å². The van der Waals surface area contributed by atoms with Crippen LogP contribution in [-0.4, -0.2) is 17.4 Å². The number of fused-ring (bicyclic) bond motifs is 4. The molecule has 0 saturated heterocycles. The van der Waals surface area contributed by atoms with Crippen LogP contribution in [0.1, 0.15) is 23.2 Å². The molecule has 1 aromatic heterocycles. The minimum absolute atomic E-state index is 0.0999. The highest BCUT2D eigenvalue weighted by Crippen LogP contribution is 2.35. The summed E-state index contributed by atoms with van der Waals surface area (Å²) in [6.45, 7) is 0.829. The summed E-state index contributed by atoms with van der Waals surface area (Å²) in [7, 11) is 0. The molecule has 1 amide bonds. The number of carbonyl (C=O) groups is 1. The van der Waals surface area contributed by atoms with Crippen LogP contribution in [0, 0.1) is 5.92 Å². The smallest absolute Gasteiger partial charge is 0.230 e. The normalized spacial score (nSPS) is 19.3. The second-order valence-electron chi connectivity index (χ2n) is 6.94. The van der Waals surface area contributed by atoms with E-state index in [1.807, 2.05) is 11.0 Å². The first-order valence-electron chi connectivity index (χ1n) is 8.79. The zero-order valence-corrected chi connectivity index (χ0v) is 13.6. The highest BCUT2D eigenvalue weighted by atomic mass is 16.2. The van der Waals surface area contributed by atoms with Gasteiger partial charge in [0, 0.05) is 34.7 Å². The second-order valence-corrected chi connectivity index (χ2v) is 6.94. The summed E-state index contributed by atoms with van der Waals surface area (Å²) in [5, 5.41) is 1.28. The number of hydrogen-bond acceptors (Lipinski definition) is 1. The van der Waals surface area contributed by atoms with Gasteiger partial charge in [-0.3, -0.25) is 4.79 Å². The number of rotatable bonds is 1. The number of carbonyl (C=O) groups excluding carboxylic acids is 1. The molecule has 5 rings (SSSR count). The van der Waals surface area contributed by atoms with Gasteiger partial charge in [-0.15, -0.1) is 0 Å². The molecule has 1 N–H and O–H groups in total. The zero-order chi connectivity index (χ0) is 16.1. The molecule has 1 aliphatic heterocycles. The lowest BCUT2D eigenvalue weighted by molar-refractivity contribution is -0.122. The number of nitrogens with one attached hydrogen (secondary N) is 1. The zero-order valence-electron chi connectivity index (χ0n) is 13.6. The first-order valence-corrected chi connectivity index (χ1v) is 8.79. The number of H-pyrrole nitrogens is 1. The summed E-state index contributed by atoms with van der Waals surface area (Å²) in [4.78, 5) is 18.7. The Hall–Kier alpha value is -2.55. The van der Waals surface area contributed by atoms with Crippen LogP contribution in [0.5, 0.6) is 0 Å². The first-order chi connectivity index (χ1) is 11.8. The maximum atomic E-state index is 13.1. The van der Waals surface area contributed by atoms with Crippen LogP contribution >= 0.6 is 0 Å². The molecule has 1 unspecified atom stereocenters. The average Bonchev–Trinajstić information content (AvgIpc) is 3.22. The Morgan fingerprint density at radius 3 is 2.83 bits per heavy atom. The van der Waals surface area contributed by atoms with E-state index in [-0.39, 0.29) is 5.92 Å². The van der Waals surface area contributed by atoms with Crippen molar-refractivity contribution in [1.82, 2.24) is 4.98 Å². The summed E-state index contributed by atoms with van der Waals surface area (Å²) in [5.41, 5.74) is 6.29. The lowest BCUT2D eigenvalue weighted by Crippen LogP contribution is -2.37. The third-order valence-corrected chi connectivity index (χ3v) is 5.60. The van der Waals surface area contributed by atoms with E-state index in [1.165, 1.54) is 27.7 Å². The molecule has 0 spiro atoms. The van der Waals surface area contributed by atoms with Gasteiger partial charge in [0.1, 0.15) is 0 Å². The average molecular weight is 316 g/mol. The van der Waals surface area contributed by atoms with Gasteiger partial charge in [-0.05, 0) is 48.9 Å². The van der Waals surface area contributed by atoms with Gasteiger partial charge < -0.3 is 9.88 Å². The summed E-state index contributed by atoms with van der Waals surface area (Å²) in [5.74, 6) is 0.402. The molecule has 2 aliphatic rings. The van der Waals surface area contributed by atoms with E-state index >= 15 is 0 Å². The summed E-state index contributed by atoms with van der Waals surface area (Å²) >= 11 is 0. The Bertz CT molecular complexity index is 940. The molecule has 0 fully saturated rings. The van der Waals surface area contributed by atoms with Gasteiger partial charge in [-0.25, -0.2) is 0 Å². The van der Waals surface area contributed by atoms with Crippen LogP contribution in [0.3, 0.4) is 0 Å². The van der Waals surface area contributed by atoms with E-state index in [0.717, 1.165) is 37.9 Å². The van der Waals surface area contributed by atoms with Gasteiger partial charge in [-0.1, -0.05) is 36.4 Å². The van der Waals surface area contributed by atoms with Crippen molar-refractivity contribution < 1.29 is 4.79 Å². The fourth-order valence-electron chi connectivity index (χ4n) is 4.37. The van der Waals surface area contributed by atoms with Crippen molar-refractivity contribution in [3.63, 3.8) is 0 Å². The monoisotopic (exact) mass is 316 g/mol. The first kappa shape index (κ1) is 13.8. The van der Waals surface area contributed by atoms with Crippen molar-refractivity contribution in [3.8, 4) is 0 Å². The Labute approximate surface area is 141 Å². The molecule has 120 valence electrons. The van der Waals surface area contributed by atoms with E-state index in [4.69, 9.17) is 0 Å². The summed E-state index contributed by atoms with van der Waals surface area (Å²) in [6, 6.07) is 16.8. The molecule has 2 heterocycles. The van der Waals surface area contributed by atoms with E-state index < -0.39 is 0 Å². The Balaban J connectivity index is 1.46. The van der Waals surface area contributed by atoms with Crippen LogP contribution in [0.4, 0.5) is 5.69 Å². The minimum atomic E-state index is 0.0999. The number of aromatic nitrogens is 1. The summed E-state index contributed by atoms with van der Waals surface area (Å²) in [6.07, 6.45) is 3.75. The van der Waals surface area contributed by atoms with Crippen molar-refractivity contribution in [1.29, 1.82) is 0 Å². The van der Waals surface area contributed by atoms with Crippen molar-refractivity contribution in [2.75, 3.05) is 11.4 Å². The molecule has 3 aromatic rings. The maximum absolute atomic E-state index is 13.1. The summed E-state index contributed by atoms with van der Waals surface area (Å²) < 4.78 is 0. The van der Waals surface area contributed by atoms with Crippen LogP contribution in [-0.2, 0) is 24.1 Å². The van der Waals surface area contributed by atoms with Gasteiger partial charge in [0.2, 0.25) is 5.91 Å². The molecule has 3 nitrogen and oxygen atoms in total. The van der Waals surface area contributed by atoms with Gasteiger partial charge >= 0.3 is 0 Å². The predicted octanol–water partition coefficient (Wildman–Crippen LogP) is 3.86. The highest BCUT2D eigenvalue weighted by molar-refractivity contribution is 5.98. The minimum Gasteiger partial charge on any atom is -0.358 e. The molecular formula is C21H20N2O. The van der Waals surface area contributed by atoms with Gasteiger partial charge in [0.15, 0.2) is 0 Å². The van der Waals surface area contributed by atoms with Gasteiger partial charge in [-0.2, -0.15) is 0 Å². The van der Waals surface area contributed by atoms with Crippen LogP contribution in [0.15, 0.2) is 48.5 Å². The van der Waals surface area contributed by atoms with Gasteiger partial charge in [0.05, 0.1) is 0 Å². The number of para-hydroxylation sites is 2. The number of aromatic amines is 1. The maximum Gasteiger partial charge on any atom is 0.230 e. The van der Waals surface area contributed by atoms with Crippen LogP contribution < -0.4 is 4.90 Å². The van der Waals surface area contributed by atoms with E-state index in [1.54, 1.807) is 0 Å². The lowest BCUT2D eigenvalue weighted by Gasteiger charge is -2.27. The predicted molar refractivity (Wildman–Crippen MR) is 96.3 cm³/mol. The topological polar surface area (TPSA) is 36.1 Å². The second kappa shape index (κ2) is 5.23. The molecule has 0 radical (unpaired) electrons. The molecule has 24 heavy (non-hydrogen) atoms. The molecule has 0 bridgehead atoms. The van der Waals surface area contributed by atoms with Gasteiger partial charge in [0.25, 0.3) is 0 Å². The molecular weight excluding hydrogens is 296 g/mol. The Kier molecular flexibility index (Phi) is 3.02. The Morgan fingerprint density at radius 2 is 1.88 bits per heavy atom. The third-order valence-electron chi connectivity index (χ3n) is 5.60. The largest absolute Gasteiger partial charge is 0.358 e. The van der Waals surface area contributed by atoms with Crippen molar-refractivity contribution in [2.24, 2.45) is 5.92 Å². The quantitative estimate of drug-likeness (QED) is 0.727. The van der Waals surface area contributed by atoms with Crippen molar-refractivity contribution in [3.05, 3.63) is 65.4 Å². The lowest BCUT2D eigenvalue weighted by atomic mass is 9.85. The van der Waals surface area contributed by atoms with Crippen molar-refractivity contribution in [2.45, 2.75) is 25.7 Å². The standard InChI is InChI=1S/C21H20N2O/c24-21(23-12-11-14-5-1-4-8-20(14)23)15-9-10-19-17(13-15)16-6-2-3-7-18(16)22-19/h1-8,15,22H,9-13H2. The van der Waals surface area contributed by atoms with Crippen LogP contribution in [0.2, 0.25) is 0 Å². The number of benzene rings is 2. The molecule has 0 saturated carbocycles. The van der Waals surface area contributed by atoms with E-state index in [0.29, 0.717) is 5.91 Å². The number of nitrogens with zero attached hydrogens (tertiary/aromatic N) is 1. The van der Waals surface area contributed by atoms with E-state index in [2.05, 4.69) is 47.4 Å². The number of amides is 1. The number of aryl methyl sites for hydroxylation is 1. The van der Waals surface area contributed by atoms with Crippen LogP contribution in [0.25, 0.3) is 10.9 Å². The third kappa shape index (κ3) is 2.01. The molecule has 1 aliphatic carbocycles. The highest BCUT2D eigenvalue weighted by Gasteiger charge is 2.33. The molecule has 3 heteroatoms. The molecule has 1 atom stereocenters. The molecule has 2 aromatic carbocycles. The fourth-order valence-corrected chi connectivity index (χ4v) is 4.37. The number of hydrogen-bond donors (Lipinski definition) is 1. The number of anilines is 1. The van der Waals surface area contributed by atoms with E-state index in [9.17, 15) is 4.79 Å². The SMILES string of the molecule is O=C(C1CCc2[nH]c3ccccc3c2C1)N1CCc2ccccc21. The Morgan fingerprint density at radius 1 is 1.04 bits per heavy atom. The fraction of sp³-hybridized carbons (Fsp3) is 0.286.